The maximum atomic E-state index is 11.3. The van der Waals surface area contributed by atoms with E-state index in [9.17, 15) is 4.79 Å². The predicted octanol–water partition coefficient (Wildman–Crippen LogP) is 2.14. The number of carbonyl (C=O) groups excluding carboxylic acids is 1. The summed E-state index contributed by atoms with van der Waals surface area (Å²) < 4.78 is 0. The first kappa shape index (κ1) is 14.1. The predicted molar refractivity (Wildman–Crippen MR) is 70.4 cm³/mol. The molecule has 94 valence electrons. The number of rotatable bonds is 5. The van der Waals surface area contributed by atoms with E-state index in [-0.39, 0.29) is 6.03 Å². The topological polar surface area (TPSA) is 67.1 Å². The Balaban J connectivity index is 2.34. The third-order valence-corrected chi connectivity index (χ3v) is 2.84. The summed E-state index contributed by atoms with van der Waals surface area (Å²) in [7, 11) is 0. The molecule has 0 fully saturated rings. The van der Waals surface area contributed by atoms with Crippen molar-refractivity contribution >= 4 is 29.2 Å². The Morgan fingerprint density at radius 3 is 2.65 bits per heavy atom. The van der Waals surface area contributed by atoms with Crippen molar-refractivity contribution in [1.82, 2.24) is 10.6 Å². The van der Waals surface area contributed by atoms with Gasteiger partial charge in [0, 0.05) is 13.1 Å². The molecule has 1 aromatic rings. The molecule has 0 radical (unpaired) electrons. The van der Waals surface area contributed by atoms with Crippen molar-refractivity contribution in [2.45, 2.75) is 13.0 Å². The number of carbonyl (C=O) groups is 1. The van der Waals surface area contributed by atoms with Gasteiger partial charge in [-0.3, -0.25) is 0 Å². The quantitative estimate of drug-likeness (QED) is 0.721. The van der Waals surface area contributed by atoms with E-state index in [1.807, 2.05) is 6.07 Å². The van der Waals surface area contributed by atoms with Gasteiger partial charge in [0.25, 0.3) is 0 Å². The summed E-state index contributed by atoms with van der Waals surface area (Å²) in [6.45, 7) is 1.54. The van der Waals surface area contributed by atoms with Crippen LogP contribution < -0.4 is 16.4 Å². The zero-order valence-electron chi connectivity index (χ0n) is 9.30. The third kappa shape index (κ3) is 5.26. The fourth-order valence-corrected chi connectivity index (χ4v) is 1.52. The summed E-state index contributed by atoms with van der Waals surface area (Å²) in [4.78, 5) is 11.3. The van der Waals surface area contributed by atoms with Gasteiger partial charge in [0.2, 0.25) is 0 Å². The van der Waals surface area contributed by atoms with Gasteiger partial charge in [-0.05, 0) is 30.7 Å². The molecule has 0 aliphatic carbocycles. The van der Waals surface area contributed by atoms with Crippen molar-refractivity contribution in [3.8, 4) is 0 Å². The van der Waals surface area contributed by atoms with Crippen molar-refractivity contribution < 1.29 is 4.79 Å². The Hall–Kier alpha value is -0.970. The van der Waals surface area contributed by atoms with E-state index in [0.29, 0.717) is 29.7 Å². The van der Waals surface area contributed by atoms with Gasteiger partial charge in [0.15, 0.2) is 0 Å². The number of amides is 2. The van der Waals surface area contributed by atoms with Gasteiger partial charge in [-0.1, -0.05) is 29.3 Å². The average Bonchev–Trinajstić information content (AvgIpc) is 2.31. The fraction of sp³-hybridized carbons (Fsp3) is 0.364. The van der Waals surface area contributed by atoms with Crippen LogP contribution in [0.2, 0.25) is 10.0 Å². The first-order chi connectivity index (χ1) is 8.13. The molecule has 4 N–H and O–H groups in total. The number of nitrogens with two attached hydrogens (primary N) is 1. The summed E-state index contributed by atoms with van der Waals surface area (Å²) in [6.07, 6.45) is 0.764. The highest BCUT2D eigenvalue weighted by atomic mass is 35.5. The van der Waals surface area contributed by atoms with Crippen molar-refractivity contribution in [1.29, 1.82) is 0 Å². The van der Waals surface area contributed by atoms with Crippen LogP contribution in [0, 0.1) is 0 Å². The second-order valence-electron chi connectivity index (χ2n) is 3.50. The van der Waals surface area contributed by atoms with Crippen LogP contribution in [0.25, 0.3) is 0 Å². The molecule has 0 heterocycles. The van der Waals surface area contributed by atoms with Gasteiger partial charge < -0.3 is 16.4 Å². The van der Waals surface area contributed by atoms with Crippen LogP contribution in [0.15, 0.2) is 18.2 Å². The van der Waals surface area contributed by atoms with Crippen LogP contribution in [0.4, 0.5) is 4.79 Å². The SMILES string of the molecule is NCCCNC(=O)NCc1ccc(Cl)c(Cl)c1. The van der Waals surface area contributed by atoms with E-state index in [1.54, 1.807) is 12.1 Å². The Kier molecular flexibility index (Phi) is 6.11. The number of halogens is 2. The molecule has 0 aliphatic rings. The number of hydrogen-bond acceptors (Lipinski definition) is 2. The molecule has 1 rings (SSSR count). The van der Waals surface area contributed by atoms with Crippen molar-refractivity contribution in [3.63, 3.8) is 0 Å². The molecule has 0 spiro atoms. The summed E-state index contributed by atoms with van der Waals surface area (Å²) in [5.74, 6) is 0. The number of urea groups is 1. The number of nitrogens with one attached hydrogen (secondary N) is 2. The Bertz CT molecular complexity index is 385. The second kappa shape index (κ2) is 7.37. The molecule has 0 atom stereocenters. The zero-order chi connectivity index (χ0) is 12.7. The highest BCUT2D eigenvalue weighted by Crippen LogP contribution is 2.22. The lowest BCUT2D eigenvalue weighted by Gasteiger charge is -2.07. The van der Waals surface area contributed by atoms with Gasteiger partial charge in [-0.25, -0.2) is 4.79 Å². The van der Waals surface area contributed by atoms with E-state index in [0.717, 1.165) is 12.0 Å². The largest absolute Gasteiger partial charge is 0.338 e. The molecule has 2 amide bonds. The lowest BCUT2D eigenvalue weighted by atomic mass is 10.2. The smallest absolute Gasteiger partial charge is 0.315 e. The lowest BCUT2D eigenvalue weighted by molar-refractivity contribution is 0.240. The van der Waals surface area contributed by atoms with Crippen molar-refractivity contribution in [2.24, 2.45) is 5.73 Å². The van der Waals surface area contributed by atoms with Gasteiger partial charge in [-0.2, -0.15) is 0 Å². The van der Waals surface area contributed by atoms with Crippen molar-refractivity contribution in [3.05, 3.63) is 33.8 Å². The summed E-state index contributed by atoms with van der Waals surface area (Å²) >= 11 is 11.6. The Morgan fingerprint density at radius 2 is 2.00 bits per heavy atom. The molecule has 0 saturated carbocycles. The zero-order valence-corrected chi connectivity index (χ0v) is 10.8. The summed E-state index contributed by atoms with van der Waals surface area (Å²) in [5.41, 5.74) is 6.21. The Labute approximate surface area is 110 Å². The van der Waals surface area contributed by atoms with E-state index < -0.39 is 0 Å². The standard InChI is InChI=1S/C11H15Cl2N3O/c12-9-3-2-8(6-10(9)13)7-16-11(17)15-5-1-4-14/h2-3,6H,1,4-5,7,14H2,(H2,15,16,17). The van der Waals surface area contributed by atoms with E-state index in [4.69, 9.17) is 28.9 Å². The normalized spacial score (nSPS) is 10.1. The van der Waals surface area contributed by atoms with E-state index in [2.05, 4.69) is 10.6 Å². The number of benzene rings is 1. The minimum Gasteiger partial charge on any atom is -0.338 e. The van der Waals surface area contributed by atoms with Crippen LogP contribution in [0.1, 0.15) is 12.0 Å². The monoisotopic (exact) mass is 275 g/mol. The Morgan fingerprint density at radius 1 is 1.24 bits per heavy atom. The molecular formula is C11H15Cl2N3O. The van der Waals surface area contributed by atoms with Crippen LogP contribution in [-0.2, 0) is 6.54 Å². The first-order valence-electron chi connectivity index (χ1n) is 5.29. The molecule has 0 unspecified atom stereocenters. The molecule has 17 heavy (non-hydrogen) atoms. The van der Waals surface area contributed by atoms with Gasteiger partial charge in [0.1, 0.15) is 0 Å². The molecule has 6 heteroatoms. The van der Waals surface area contributed by atoms with Crippen LogP contribution in [0.3, 0.4) is 0 Å². The first-order valence-corrected chi connectivity index (χ1v) is 6.04. The van der Waals surface area contributed by atoms with Crippen LogP contribution in [-0.4, -0.2) is 19.1 Å². The van der Waals surface area contributed by atoms with Gasteiger partial charge in [-0.15, -0.1) is 0 Å². The van der Waals surface area contributed by atoms with E-state index >= 15 is 0 Å². The third-order valence-electron chi connectivity index (χ3n) is 2.10. The molecule has 4 nitrogen and oxygen atoms in total. The molecule has 0 aromatic heterocycles. The average molecular weight is 276 g/mol. The number of hydrogen-bond donors (Lipinski definition) is 3. The maximum absolute atomic E-state index is 11.3. The summed E-state index contributed by atoms with van der Waals surface area (Å²) in [5, 5.41) is 6.39. The minimum atomic E-state index is -0.218. The fourth-order valence-electron chi connectivity index (χ4n) is 1.20. The molecule has 0 aliphatic heterocycles. The van der Waals surface area contributed by atoms with Gasteiger partial charge >= 0.3 is 6.03 Å². The highest BCUT2D eigenvalue weighted by Gasteiger charge is 2.02. The summed E-state index contributed by atoms with van der Waals surface area (Å²) in [6, 6.07) is 5.02. The van der Waals surface area contributed by atoms with Crippen molar-refractivity contribution in [2.75, 3.05) is 13.1 Å². The van der Waals surface area contributed by atoms with E-state index in [1.165, 1.54) is 0 Å². The van der Waals surface area contributed by atoms with Gasteiger partial charge in [0.05, 0.1) is 10.0 Å². The highest BCUT2D eigenvalue weighted by molar-refractivity contribution is 6.42. The van der Waals surface area contributed by atoms with Crippen LogP contribution >= 0.6 is 23.2 Å². The van der Waals surface area contributed by atoms with Crippen LogP contribution in [0.5, 0.6) is 0 Å². The second-order valence-corrected chi connectivity index (χ2v) is 4.31. The molecular weight excluding hydrogens is 261 g/mol. The maximum Gasteiger partial charge on any atom is 0.315 e. The lowest BCUT2D eigenvalue weighted by Crippen LogP contribution is -2.36. The molecule has 0 saturated heterocycles. The molecule has 0 bridgehead atoms. The minimum absolute atomic E-state index is 0.218. The molecule has 1 aromatic carbocycles.